The Bertz CT molecular complexity index is 425. The monoisotopic (exact) mass is 254 g/mol. The van der Waals surface area contributed by atoms with E-state index in [4.69, 9.17) is 15.2 Å². The van der Waals surface area contributed by atoms with Gasteiger partial charge in [-0.05, 0) is 18.2 Å². The number of amides is 1. The molecule has 1 aliphatic heterocycles. The lowest BCUT2D eigenvalue weighted by Gasteiger charge is -2.10. The van der Waals surface area contributed by atoms with Gasteiger partial charge in [0, 0.05) is 16.3 Å². The third-order valence-corrected chi connectivity index (χ3v) is 3.60. The second kappa shape index (κ2) is 5.18. The van der Waals surface area contributed by atoms with E-state index in [9.17, 15) is 4.79 Å². The molecule has 1 saturated heterocycles. The van der Waals surface area contributed by atoms with E-state index in [0.717, 1.165) is 10.6 Å². The lowest BCUT2D eigenvalue weighted by atomic mass is 10.3. The summed E-state index contributed by atoms with van der Waals surface area (Å²) in [6, 6.07) is 5.50. The van der Waals surface area contributed by atoms with Crippen LogP contribution in [0, 0.1) is 0 Å². The Morgan fingerprint density at radius 1 is 1.65 bits per heavy atom. The summed E-state index contributed by atoms with van der Waals surface area (Å²) in [4.78, 5) is 11.8. The SMILES string of the molecule is COc1ccc(N)c(SCC2CNC(=O)O2)c1. The van der Waals surface area contributed by atoms with Crippen molar-refractivity contribution in [2.75, 3.05) is 25.1 Å². The third-order valence-electron chi connectivity index (χ3n) is 2.39. The number of nitrogens with one attached hydrogen (secondary N) is 1. The molecule has 1 aliphatic rings. The highest BCUT2D eigenvalue weighted by atomic mass is 32.2. The van der Waals surface area contributed by atoms with Crippen LogP contribution in [-0.4, -0.2) is 31.6 Å². The van der Waals surface area contributed by atoms with E-state index in [1.54, 1.807) is 24.9 Å². The average Bonchev–Trinajstić information content (AvgIpc) is 2.74. The minimum atomic E-state index is -0.353. The highest BCUT2D eigenvalue weighted by Crippen LogP contribution is 2.30. The van der Waals surface area contributed by atoms with Crippen LogP contribution in [0.3, 0.4) is 0 Å². The van der Waals surface area contributed by atoms with Gasteiger partial charge in [0.2, 0.25) is 0 Å². The molecule has 17 heavy (non-hydrogen) atoms. The molecule has 1 fully saturated rings. The minimum Gasteiger partial charge on any atom is -0.497 e. The first kappa shape index (κ1) is 11.9. The number of anilines is 1. The number of benzene rings is 1. The van der Waals surface area contributed by atoms with Crippen LogP contribution in [0.2, 0.25) is 0 Å². The number of nitrogen functional groups attached to an aromatic ring is 1. The molecular formula is C11H14N2O3S. The van der Waals surface area contributed by atoms with E-state index in [1.807, 2.05) is 12.1 Å². The Morgan fingerprint density at radius 3 is 3.12 bits per heavy atom. The van der Waals surface area contributed by atoms with Crippen LogP contribution in [0.15, 0.2) is 23.1 Å². The lowest BCUT2D eigenvalue weighted by molar-refractivity contribution is 0.150. The van der Waals surface area contributed by atoms with Crippen molar-refractivity contribution in [2.24, 2.45) is 0 Å². The second-order valence-corrected chi connectivity index (χ2v) is 4.68. The quantitative estimate of drug-likeness (QED) is 0.629. The number of hydrogen-bond acceptors (Lipinski definition) is 5. The first-order valence-electron chi connectivity index (χ1n) is 5.20. The molecule has 1 atom stereocenters. The van der Waals surface area contributed by atoms with E-state index >= 15 is 0 Å². The average molecular weight is 254 g/mol. The number of carbonyl (C=O) groups is 1. The fraction of sp³-hybridized carbons (Fsp3) is 0.364. The van der Waals surface area contributed by atoms with Gasteiger partial charge < -0.3 is 20.5 Å². The Balaban J connectivity index is 1.96. The molecule has 0 bridgehead atoms. The van der Waals surface area contributed by atoms with Crippen LogP contribution in [0.25, 0.3) is 0 Å². The summed E-state index contributed by atoms with van der Waals surface area (Å²) in [6.07, 6.45) is -0.452. The van der Waals surface area contributed by atoms with Crippen LogP contribution in [0.5, 0.6) is 5.75 Å². The van der Waals surface area contributed by atoms with Crippen molar-refractivity contribution < 1.29 is 14.3 Å². The number of nitrogens with two attached hydrogens (primary N) is 1. The van der Waals surface area contributed by atoms with E-state index in [1.165, 1.54) is 0 Å². The molecule has 1 aromatic carbocycles. The van der Waals surface area contributed by atoms with Crippen molar-refractivity contribution >= 4 is 23.5 Å². The maximum absolute atomic E-state index is 10.8. The van der Waals surface area contributed by atoms with Crippen LogP contribution in [-0.2, 0) is 4.74 Å². The predicted molar refractivity (Wildman–Crippen MR) is 66.4 cm³/mol. The molecule has 1 aromatic rings. The fourth-order valence-electron chi connectivity index (χ4n) is 1.47. The van der Waals surface area contributed by atoms with Crippen molar-refractivity contribution in [1.29, 1.82) is 0 Å². The van der Waals surface area contributed by atoms with Crippen LogP contribution >= 0.6 is 11.8 Å². The number of methoxy groups -OCH3 is 1. The molecule has 6 heteroatoms. The molecular weight excluding hydrogens is 240 g/mol. The maximum Gasteiger partial charge on any atom is 0.407 e. The van der Waals surface area contributed by atoms with Crippen molar-refractivity contribution in [1.82, 2.24) is 5.32 Å². The zero-order chi connectivity index (χ0) is 12.3. The molecule has 2 rings (SSSR count). The second-order valence-electron chi connectivity index (χ2n) is 3.62. The first-order chi connectivity index (χ1) is 8.19. The Hall–Kier alpha value is -1.56. The van der Waals surface area contributed by atoms with Gasteiger partial charge in [-0.3, -0.25) is 0 Å². The van der Waals surface area contributed by atoms with E-state index in [2.05, 4.69) is 5.32 Å². The minimum absolute atomic E-state index is 0.0990. The largest absolute Gasteiger partial charge is 0.497 e. The summed E-state index contributed by atoms with van der Waals surface area (Å²) in [6.45, 7) is 0.551. The van der Waals surface area contributed by atoms with Gasteiger partial charge in [-0.25, -0.2) is 4.79 Å². The van der Waals surface area contributed by atoms with Gasteiger partial charge in [0.1, 0.15) is 11.9 Å². The van der Waals surface area contributed by atoms with Gasteiger partial charge in [0.25, 0.3) is 0 Å². The summed E-state index contributed by atoms with van der Waals surface area (Å²) in [7, 11) is 1.61. The number of hydrogen-bond donors (Lipinski definition) is 2. The van der Waals surface area contributed by atoms with Gasteiger partial charge in [-0.2, -0.15) is 0 Å². The standard InChI is InChI=1S/C11H14N2O3S/c1-15-7-2-3-9(12)10(4-7)17-6-8-5-13-11(14)16-8/h2-4,8H,5-6,12H2,1H3,(H,13,14). The fourth-order valence-corrected chi connectivity index (χ4v) is 2.46. The van der Waals surface area contributed by atoms with E-state index < -0.39 is 0 Å². The molecule has 5 nitrogen and oxygen atoms in total. The number of rotatable bonds is 4. The van der Waals surface area contributed by atoms with Gasteiger partial charge in [-0.1, -0.05) is 0 Å². The third kappa shape index (κ3) is 2.97. The van der Waals surface area contributed by atoms with Crippen molar-refractivity contribution in [3.63, 3.8) is 0 Å². The van der Waals surface area contributed by atoms with Crippen LogP contribution in [0.4, 0.5) is 10.5 Å². The molecule has 1 unspecified atom stereocenters. The summed E-state index contributed by atoms with van der Waals surface area (Å²) < 4.78 is 10.2. The highest BCUT2D eigenvalue weighted by molar-refractivity contribution is 7.99. The van der Waals surface area contributed by atoms with Crippen molar-refractivity contribution in [3.05, 3.63) is 18.2 Å². The molecule has 0 saturated carbocycles. The predicted octanol–water partition coefficient (Wildman–Crippen LogP) is 1.48. The van der Waals surface area contributed by atoms with Gasteiger partial charge in [-0.15, -0.1) is 11.8 Å². The summed E-state index contributed by atoms with van der Waals surface area (Å²) in [5, 5.41) is 2.61. The lowest BCUT2D eigenvalue weighted by Crippen LogP contribution is -2.16. The first-order valence-corrected chi connectivity index (χ1v) is 6.18. The zero-order valence-corrected chi connectivity index (χ0v) is 10.3. The van der Waals surface area contributed by atoms with E-state index in [0.29, 0.717) is 18.0 Å². The molecule has 1 amide bonds. The number of thioether (sulfide) groups is 1. The summed E-state index contributed by atoms with van der Waals surface area (Å²) >= 11 is 1.55. The number of cyclic esters (lactones) is 1. The van der Waals surface area contributed by atoms with Gasteiger partial charge in [0.15, 0.2) is 0 Å². The van der Waals surface area contributed by atoms with Crippen molar-refractivity contribution in [3.8, 4) is 5.75 Å². The number of ether oxygens (including phenoxy) is 2. The van der Waals surface area contributed by atoms with Crippen molar-refractivity contribution in [2.45, 2.75) is 11.0 Å². The van der Waals surface area contributed by atoms with Crippen LogP contribution < -0.4 is 15.8 Å². The molecule has 92 valence electrons. The summed E-state index contributed by atoms with van der Waals surface area (Å²) in [5.74, 6) is 1.44. The Kier molecular flexibility index (Phi) is 3.63. The molecule has 3 N–H and O–H groups in total. The molecule has 0 radical (unpaired) electrons. The van der Waals surface area contributed by atoms with Crippen LogP contribution in [0.1, 0.15) is 0 Å². The number of alkyl carbamates (subject to hydrolysis) is 1. The normalized spacial score (nSPS) is 18.6. The van der Waals surface area contributed by atoms with E-state index in [-0.39, 0.29) is 12.2 Å². The Labute approximate surface area is 104 Å². The number of carbonyl (C=O) groups excluding carboxylic acids is 1. The zero-order valence-electron chi connectivity index (χ0n) is 9.43. The Morgan fingerprint density at radius 2 is 2.47 bits per heavy atom. The topological polar surface area (TPSA) is 73.6 Å². The summed E-state index contributed by atoms with van der Waals surface area (Å²) in [5.41, 5.74) is 6.56. The molecule has 0 aliphatic carbocycles. The molecule has 0 aromatic heterocycles. The smallest absolute Gasteiger partial charge is 0.407 e. The highest BCUT2D eigenvalue weighted by Gasteiger charge is 2.22. The maximum atomic E-state index is 10.8. The van der Waals surface area contributed by atoms with Gasteiger partial charge >= 0.3 is 6.09 Å². The van der Waals surface area contributed by atoms with Gasteiger partial charge in [0.05, 0.1) is 13.7 Å². The molecule has 0 spiro atoms. The molecule has 1 heterocycles.